The maximum atomic E-state index is 12.0. The SMILES string of the molecule is CC1CS(=O)(=O)N(c2ccc(C(=O)NCCN(C)C)cc2)C1=O. The standard InChI is InChI=1S/C15H21N3O4S/c1-11-10-23(21,22)18(15(11)20)13-6-4-12(5-7-13)14(19)16-8-9-17(2)3/h4-7,11H,8-10H2,1-3H3,(H,16,19). The van der Waals surface area contributed by atoms with E-state index in [1.165, 1.54) is 24.3 Å². The zero-order valence-electron chi connectivity index (χ0n) is 13.4. The number of sulfonamides is 1. The summed E-state index contributed by atoms with van der Waals surface area (Å²) in [6, 6.07) is 6.00. The smallest absolute Gasteiger partial charge is 0.251 e. The number of rotatable bonds is 5. The fourth-order valence-electron chi connectivity index (χ4n) is 2.33. The molecule has 1 atom stereocenters. The normalized spacial score (nSPS) is 20.1. The van der Waals surface area contributed by atoms with Crippen molar-refractivity contribution < 1.29 is 18.0 Å². The Morgan fingerprint density at radius 2 is 1.91 bits per heavy atom. The van der Waals surface area contributed by atoms with Crippen LogP contribution in [0.1, 0.15) is 17.3 Å². The number of carbonyl (C=O) groups excluding carboxylic acids is 2. The van der Waals surface area contributed by atoms with Gasteiger partial charge in [0.05, 0.1) is 17.4 Å². The Balaban J connectivity index is 2.11. The highest BCUT2D eigenvalue weighted by Crippen LogP contribution is 2.28. The first-order chi connectivity index (χ1) is 10.7. The molecule has 1 aliphatic heterocycles. The Bertz CT molecular complexity index is 698. The molecule has 2 rings (SSSR count). The van der Waals surface area contributed by atoms with Gasteiger partial charge in [-0.2, -0.15) is 0 Å². The molecule has 1 N–H and O–H groups in total. The quantitative estimate of drug-likeness (QED) is 0.833. The van der Waals surface area contributed by atoms with Crippen molar-refractivity contribution in [1.29, 1.82) is 0 Å². The van der Waals surface area contributed by atoms with Gasteiger partial charge in [0.1, 0.15) is 0 Å². The van der Waals surface area contributed by atoms with Gasteiger partial charge in [0.2, 0.25) is 15.9 Å². The third-order valence-corrected chi connectivity index (χ3v) is 5.44. The van der Waals surface area contributed by atoms with Crippen molar-refractivity contribution in [3.05, 3.63) is 29.8 Å². The Morgan fingerprint density at radius 1 is 1.30 bits per heavy atom. The largest absolute Gasteiger partial charge is 0.351 e. The number of nitrogens with zero attached hydrogens (tertiary/aromatic N) is 2. The van der Waals surface area contributed by atoms with Crippen molar-refractivity contribution in [3.63, 3.8) is 0 Å². The zero-order valence-corrected chi connectivity index (χ0v) is 14.3. The van der Waals surface area contributed by atoms with Crippen molar-refractivity contribution in [2.45, 2.75) is 6.92 Å². The van der Waals surface area contributed by atoms with E-state index < -0.39 is 21.8 Å². The lowest BCUT2D eigenvalue weighted by Crippen LogP contribution is -2.32. The van der Waals surface area contributed by atoms with Crippen LogP contribution >= 0.6 is 0 Å². The molecule has 1 saturated heterocycles. The third-order valence-electron chi connectivity index (χ3n) is 3.57. The third kappa shape index (κ3) is 3.89. The lowest BCUT2D eigenvalue weighted by molar-refractivity contribution is -0.119. The van der Waals surface area contributed by atoms with Crippen molar-refractivity contribution in [1.82, 2.24) is 10.2 Å². The maximum absolute atomic E-state index is 12.0. The van der Waals surface area contributed by atoms with Gasteiger partial charge in [0.25, 0.3) is 5.91 Å². The van der Waals surface area contributed by atoms with Crippen LogP contribution in [0.5, 0.6) is 0 Å². The van der Waals surface area contributed by atoms with Gasteiger partial charge >= 0.3 is 0 Å². The van der Waals surface area contributed by atoms with E-state index in [-0.39, 0.29) is 17.3 Å². The lowest BCUT2D eigenvalue weighted by Gasteiger charge is -2.15. The Morgan fingerprint density at radius 3 is 2.39 bits per heavy atom. The first-order valence-electron chi connectivity index (χ1n) is 7.32. The number of amides is 2. The van der Waals surface area contributed by atoms with Crippen LogP contribution in [0.25, 0.3) is 0 Å². The van der Waals surface area contributed by atoms with Crippen molar-refractivity contribution >= 4 is 27.5 Å². The summed E-state index contributed by atoms with van der Waals surface area (Å²) in [6.45, 7) is 2.83. The minimum Gasteiger partial charge on any atom is -0.351 e. The van der Waals surface area contributed by atoms with Gasteiger partial charge in [0.15, 0.2) is 0 Å². The van der Waals surface area contributed by atoms with Crippen LogP contribution < -0.4 is 9.62 Å². The van der Waals surface area contributed by atoms with E-state index in [2.05, 4.69) is 5.32 Å². The summed E-state index contributed by atoms with van der Waals surface area (Å²) in [5, 5.41) is 2.77. The van der Waals surface area contributed by atoms with Gasteiger partial charge in [-0.3, -0.25) is 9.59 Å². The molecule has 1 heterocycles. The molecule has 1 fully saturated rings. The minimum absolute atomic E-state index is 0.182. The predicted octanol–water partition coefficient (Wildman–Crippen LogP) is 0.291. The first kappa shape index (κ1) is 17.4. The highest BCUT2D eigenvalue weighted by atomic mass is 32.2. The van der Waals surface area contributed by atoms with Crippen LogP contribution in [-0.4, -0.2) is 58.1 Å². The number of nitrogens with one attached hydrogen (secondary N) is 1. The zero-order chi connectivity index (χ0) is 17.2. The molecule has 0 spiro atoms. The van der Waals surface area contributed by atoms with Gasteiger partial charge in [-0.05, 0) is 38.4 Å². The molecule has 0 radical (unpaired) electrons. The molecule has 1 aromatic carbocycles. The second-order valence-corrected chi connectivity index (χ2v) is 7.75. The number of anilines is 1. The van der Waals surface area contributed by atoms with Crippen LogP contribution in [0, 0.1) is 5.92 Å². The number of hydrogen-bond acceptors (Lipinski definition) is 5. The van der Waals surface area contributed by atoms with Crippen LogP contribution in [0.15, 0.2) is 24.3 Å². The minimum atomic E-state index is -3.62. The maximum Gasteiger partial charge on any atom is 0.251 e. The predicted molar refractivity (Wildman–Crippen MR) is 87.8 cm³/mol. The van der Waals surface area contributed by atoms with E-state index in [4.69, 9.17) is 0 Å². The molecule has 23 heavy (non-hydrogen) atoms. The summed E-state index contributed by atoms with van der Waals surface area (Å²) >= 11 is 0. The van der Waals surface area contributed by atoms with Gasteiger partial charge in [-0.1, -0.05) is 6.92 Å². The fourth-order valence-corrected chi connectivity index (χ4v) is 4.15. The van der Waals surface area contributed by atoms with E-state index in [9.17, 15) is 18.0 Å². The summed E-state index contributed by atoms with van der Waals surface area (Å²) in [5.74, 6) is -1.40. The molecule has 1 unspecified atom stereocenters. The summed E-state index contributed by atoms with van der Waals surface area (Å²) in [7, 11) is 0.207. The van der Waals surface area contributed by atoms with E-state index in [0.29, 0.717) is 12.1 Å². The molecule has 2 amide bonds. The Kier molecular flexibility index (Phi) is 5.06. The van der Waals surface area contributed by atoms with Crippen molar-refractivity contribution in [2.75, 3.05) is 37.2 Å². The lowest BCUT2D eigenvalue weighted by atomic mass is 10.1. The number of hydrogen-bond donors (Lipinski definition) is 1. The molecular weight excluding hydrogens is 318 g/mol. The fraction of sp³-hybridized carbons (Fsp3) is 0.467. The molecule has 1 aliphatic rings. The monoisotopic (exact) mass is 339 g/mol. The highest BCUT2D eigenvalue weighted by molar-refractivity contribution is 7.94. The molecule has 0 bridgehead atoms. The van der Waals surface area contributed by atoms with Gasteiger partial charge in [-0.25, -0.2) is 12.7 Å². The topological polar surface area (TPSA) is 86.8 Å². The second kappa shape index (κ2) is 6.67. The van der Waals surface area contributed by atoms with Gasteiger partial charge < -0.3 is 10.2 Å². The second-order valence-electron chi connectivity index (χ2n) is 5.89. The Labute approximate surface area is 136 Å². The van der Waals surface area contributed by atoms with Gasteiger partial charge in [0, 0.05) is 18.7 Å². The molecule has 8 heteroatoms. The summed E-state index contributed by atoms with van der Waals surface area (Å²) in [5.41, 5.74) is 0.689. The van der Waals surface area contributed by atoms with Crippen LogP contribution in [-0.2, 0) is 14.8 Å². The molecule has 126 valence electrons. The average Bonchev–Trinajstić information content (AvgIpc) is 2.67. The van der Waals surface area contributed by atoms with Crippen molar-refractivity contribution in [3.8, 4) is 0 Å². The number of likely N-dealkylation sites (N-methyl/N-ethyl adjacent to an activating group) is 1. The highest BCUT2D eigenvalue weighted by Gasteiger charge is 2.41. The van der Waals surface area contributed by atoms with Crippen LogP contribution in [0.4, 0.5) is 5.69 Å². The Hall–Kier alpha value is -1.93. The molecule has 1 aromatic rings. The first-order valence-corrected chi connectivity index (χ1v) is 8.93. The van der Waals surface area contributed by atoms with Gasteiger partial charge in [-0.15, -0.1) is 0 Å². The average molecular weight is 339 g/mol. The summed E-state index contributed by atoms with van der Waals surface area (Å²) < 4.78 is 24.9. The van der Waals surface area contributed by atoms with E-state index in [1.807, 2.05) is 19.0 Å². The number of benzene rings is 1. The molecular formula is C15H21N3O4S. The number of carbonyl (C=O) groups is 2. The molecule has 0 aliphatic carbocycles. The summed E-state index contributed by atoms with van der Waals surface area (Å²) in [4.78, 5) is 25.9. The molecule has 7 nitrogen and oxygen atoms in total. The summed E-state index contributed by atoms with van der Waals surface area (Å²) in [6.07, 6.45) is 0. The molecule has 0 saturated carbocycles. The van der Waals surface area contributed by atoms with E-state index >= 15 is 0 Å². The van der Waals surface area contributed by atoms with E-state index in [1.54, 1.807) is 6.92 Å². The van der Waals surface area contributed by atoms with Crippen molar-refractivity contribution in [2.24, 2.45) is 5.92 Å². The van der Waals surface area contributed by atoms with E-state index in [0.717, 1.165) is 10.8 Å². The van der Waals surface area contributed by atoms with Crippen LogP contribution in [0.3, 0.4) is 0 Å². The van der Waals surface area contributed by atoms with Crippen LogP contribution in [0.2, 0.25) is 0 Å². The molecule has 0 aromatic heterocycles.